The molecule has 2 amide bonds. The van der Waals surface area contributed by atoms with Gasteiger partial charge in [-0.15, -0.1) is 0 Å². The van der Waals surface area contributed by atoms with Crippen molar-refractivity contribution in [2.24, 2.45) is 18.4 Å². The second kappa shape index (κ2) is 10.4. The van der Waals surface area contributed by atoms with E-state index in [-0.39, 0.29) is 35.9 Å². The SMILES string of the molecule is C[C@@H](O)[C@H]1C(=O)N2C(C(=O)OCOC(=O)C(C)(C)C)=C(c3cccc(CNC(=O)c4nccn4C)c3)C[C@H]12. The fourth-order valence-corrected chi connectivity index (χ4v) is 4.65. The molecule has 2 aliphatic heterocycles. The number of β-lactam (4-membered cyclic amide) rings is 1. The van der Waals surface area contributed by atoms with Crippen LogP contribution in [0.15, 0.2) is 42.4 Å². The molecule has 3 atom stereocenters. The van der Waals surface area contributed by atoms with Gasteiger partial charge in [0.05, 0.1) is 23.5 Å². The molecule has 11 heteroatoms. The third-order valence-electron chi connectivity index (χ3n) is 6.67. The fourth-order valence-electron chi connectivity index (χ4n) is 4.65. The number of imidazole rings is 1. The van der Waals surface area contributed by atoms with Crippen molar-refractivity contribution < 1.29 is 33.8 Å². The van der Waals surface area contributed by atoms with E-state index in [2.05, 4.69) is 10.3 Å². The van der Waals surface area contributed by atoms with Crippen molar-refractivity contribution in [2.45, 2.75) is 52.8 Å². The Hall–Kier alpha value is -3.99. The summed E-state index contributed by atoms with van der Waals surface area (Å²) in [6, 6.07) is 6.88. The zero-order valence-corrected chi connectivity index (χ0v) is 22.1. The number of rotatable bonds is 8. The van der Waals surface area contributed by atoms with E-state index in [1.165, 1.54) is 11.1 Å². The van der Waals surface area contributed by atoms with Crippen molar-refractivity contribution in [2.75, 3.05) is 6.79 Å². The summed E-state index contributed by atoms with van der Waals surface area (Å²) >= 11 is 0. The number of carbonyl (C=O) groups is 4. The normalized spacial score (nSPS) is 19.5. The summed E-state index contributed by atoms with van der Waals surface area (Å²) in [5, 5.41) is 13.0. The molecule has 3 heterocycles. The second-order valence-corrected chi connectivity index (χ2v) is 10.5. The average Bonchev–Trinajstić information content (AvgIpc) is 3.43. The lowest BCUT2D eigenvalue weighted by Gasteiger charge is -2.44. The van der Waals surface area contributed by atoms with E-state index in [1.54, 1.807) is 57.6 Å². The average molecular weight is 525 g/mol. The van der Waals surface area contributed by atoms with Crippen LogP contribution in [0.4, 0.5) is 0 Å². The summed E-state index contributed by atoms with van der Waals surface area (Å²) in [6.07, 6.45) is 2.69. The van der Waals surface area contributed by atoms with Crippen molar-refractivity contribution >= 4 is 29.3 Å². The minimum atomic E-state index is -0.874. The molecule has 0 saturated carbocycles. The van der Waals surface area contributed by atoms with Gasteiger partial charge in [-0.05, 0) is 56.9 Å². The van der Waals surface area contributed by atoms with Crippen LogP contribution >= 0.6 is 0 Å². The summed E-state index contributed by atoms with van der Waals surface area (Å²) in [7, 11) is 1.73. The Morgan fingerprint density at radius 2 is 1.97 bits per heavy atom. The standard InChI is InChI=1S/C27H32N4O7/c1-15(32)20-19-12-18(21(31(19)24(20)34)25(35)37-14-38-26(36)27(2,3)4)17-8-6-7-16(11-17)13-29-23(33)22-28-9-10-30(22)5/h6-11,15,19-20,32H,12-14H2,1-5H3,(H,29,33)/t15-,19-,20-/m1/s1. The lowest BCUT2D eigenvalue weighted by Crippen LogP contribution is -2.61. The Balaban J connectivity index is 1.55. The third-order valence-corrected chi connectivity index (χ3v) is 6.67. The van der Waals surface area contributed by atoms with Gasteiger partial charge in [-0.3, -0.25) is 14.4 Å². The molecule has 1 saturated heterocycles. The lowest BCUT2D eigenvalue weighted by molar-refractivity contribution is -0.175. The minimum Gasteiger partial charge on any atom is -0.427 e. The van der Waals surface area contributed by atoms with E-state index >= 15 is 0 Å². The van der Waals surface area contributed by atoms with Gasteiger partial charge in [0.2, 0.25) is 12.7 Å². The molecule has 0 bridgehead atoms. The summed E-state index contributed by atoms with van der Waals surface area (Å²) < 4.78 is 11.9. The fraction of sp³-hybridized carbons (Fsp3) is 0.444. The van der Waals surface area contributed by atoms with E-state index in [0.29, 0.717) is 17.6 Å². The Morgan fingerprint density at radius 1 is 1.24 bits per heavy atom. The highest BCUT2D eigenvalue weighted by Gasteiger charge is 2.57. The summed E-state index contributed by atoms with van der Waals surface area (Å²) in [6.45, 7) is 6.22. The number of carbonyl (C=O) groups excluding carboxylic acids is 4. The van der Waals surface area contributed by atoms with E-state index in [1.807, 2.05) is 12.1 Å². The maximum atomic E-state index is 13.1. The molecule has 2 N–H and O–H groups in total. The first-order valence-corrected chi connectivity index (χ1v) is 12.3. The van der Waals surface area contributed by atoms with Crippen LogP contribution in [0, 0.1) is 11.3 Å². The van der Waals surface area contributed by atoms with Crippen LogP contribution in [-0.2, 0) is 37.4 Å². The molecule has 1 aromatic carbocycles. The van der Waals surface area contributed by atoms with Gasteiger partial charge < -0.3 is 29.4 Å². The van der Waals surface area contributed by atoms with Crippen LogP contribution in [0.1, 0.15) is 55.9 Å². The smallest absolute Gasteiger partial charge is 0.358 e. The van der Waals surface area contributed by atoms with Gasteiger partial charge in [0.25, 0.3) is 5.91 Å². The maximum absolute atomic E-state index is 13.1. The van der Waals surface area contributed by atoms with E-state index in [9.17, 15) is 24.3 Å². The Morgan fingerprint density at radius 3 is 2.61 bits per heavy atom. The van der Waals surface area contributed by atoms with Gasteiger partial charge in [0.1, 0.15) is 5.70 Å². The van der Waals surface area contributed by atoms with Gasteiger partial charge >= 0.3 is 11.9 Å². The van der Waals surface area contributed by atoms with Crippen molar-refractivity contribution in [3.05, 3.63) is 59.3 Å². The Kier molecular flexibility index (Phi) is 7.41. The zero-order chi connectivity index (χ0) is 27.8. The van der Waals surface area contributed by atoms with Crippen LogP contribution in [0.3, 0.4) is 0 Å². The number of esters is 2. The van der Waals surface area contributed by atoms with Crippen LogP contribution in [0.5, 0.6) is 0 Å². The molecule has 1 fully saturated rings. The molecule has 0 aliphatic carbocycles. The molecule has 1 aromatic heterocycles. The van der Waals surface area contributed by atoms with Crippen molar-refractivity contribution in [3.8, 4) is 0 Å². The monoisotopic (exact) mass is 524 g/mol. The van der Waals surface area contributed by atoms with E-state index in [4.69, 9.17) is 9.47 Å². The maximum Gasteiger partial charge on any atom is 0.358 e. The zero-order valence-electron chi connectivity index (χ0n) is 22.1. The van der Waals surface area contributed by atoms with Gasteiger partial charge in [0, 0.05) is 26.0 Å². The molecule has 0 unspecified atom stereocenters. The third kappa shape index (κ3) is 5.19. The number of aliphatic hydroxyl groups is 1. The highest BCUT2D eigenvalue weighted by atomic mass is 16.7. The van der Waals surface area contributed by atoms with Gasteiger partial charge in [-0.2, -0.15) is 0 Å². The number of hydrogen-bond donors (Lipinski definition) is 2. The van der Waals surface area contributed by atoms with Crippen LogP contribution < -0.4 is 5.32 Å². The number of nitrogens with zero attached hydrogens (tertiary/aromatic N) is 3. The molecular formula is C27H32N4O7. The molecule has 38 heavy (non-hydrogen) atoms. The number of aromatic nitrogens is 2. The minimum absolute atomic E-state index is 0.0675. The largest absolute Gasteiger partial charge is 0.427 e. The quantitative estimate of drug-likeness (QED) is 0.303. The highest BCUT2D eigenvalue weighted by molar-refractivity contribution is 6.06. The summed E-state index contributed by atoms with van der Waals surface area (Å²) in [5.74, 6) is -2.37. The second-order valence-electron chi connectivity index (χ2n) is 10.5. The van der Waals surface area contributed by atoms with Crippen LogP contribution in [-0.4, -0.2) is 62.2 Å². The number of hydrogen-bond acceptors (Lipinski definition) is 8. The number of amides is 2. The molecule has 4 rings (SSSR count). The van der Waals surface area contributed by atoms with Crippen LogP contribution in [0.2, 0.25) is 0 Å². The molecule has 11 nitrogen and oxygen atoms in total. The van der Waals surface area contributed by atoms with Crippen molar-refractivity contribution in [1.82, 2.24) is 19.8 Å². The van der Waals surface area contributed by atoms with E-state index in [0.717, 1.165) is 5.56 Å². The number of ether oxygens (including phenoxy) is 2. The summed E-state index contributed by atoms with van der Waals surface area (Å²) in [4.78, 5) is 55.9. The molecular weight excluding hydrogens is 492 g/mol. The highest BCUT2D eigenvalue weighted by Crippen LogP contribution is 2.47. The predicted molar refractivity (Wildman–Crippen MR) is 135 cm³/mol. The molecule has 2 aromatic rings. The van der Waals surface area contributed by atoms with Crippen molar-refractivity contribution in [1.29, 1.82) is 0 Å². The van der Waals surface area contributed by atoms with E-state index < -0.39 is 36.2 Å². The number of aryl methyl sites for hydroxylation is 1. The first-order chi connectivity index (χ1) is 17.9. The predicted octanol–water partition coefficient (Wildman–Crippen LogP) is 1.76. The lowest BCUT2D eigenvalue weighted by atomic mass is 9.82. The Labute approximate surface area is 220 Å². The molecule has 0 radical (unpaired) electrons. The molecule has 202 valence electrons. The molecule has 2 aliphatic rings. The first kappa shape index (κ1) is 27.1. The number of nitrogens with one attached hydrogen (secondary N) is 1. The van der Waals surface area contributed by atoms with Gasteiger partial charge in [0.15, 0.2) is 5.82 Å². The number of benzene rings is 1. The number of aliphatic hydroxyl groups excluding tert-OH is 1. The first-order valence-electron chi connectivity index (χ1n) is 12.3. The van der Waals surface area contributed by atoms with Crippen LogP contribution in [0.25, 0.3) is 5.57 Å². The topological polar surface area (TPSA) is 140 Å². The summed E-state index contributed by atoms with van der Waals surface area (Å²) in [5.41, 5.74) is 1.34. The van der Waals surface area contributed by atoms with Gasteiger partial charge in [-0.1, -0.05) is 18.2 Å². The van der Waals surface area contributed by atoms with Crippen molar-refractivity contribution in [3.63, 3.8) is 0 Å². The number of fused-ring (bicyclic) bond motifs is 1. The Bertz CT molecular complexity index is 1300. The van der Waals surface area contributed by atoms with Gasteiger partial charge in [-0.25, -0.2) is 9.78 Å². The molecule has 0 spiro atoms.